The number of nitrogens with one attached hydrogen (secondary N) is 1. The Morgan fingerprint density at radius 1 is 1.31 bits per heavy atom. The van der Waals surface area contributed by atoms with E-state index < -0.39 is 17.9 Å². The first kappa shape index (κ1) is 20.1. The number of alkyl halides is 3. The highest BCUT2D eigenvalue weighted by Gasteiger charge is 2.31. The number of aryl methyl sites for hydroxylation is 1. The van der Waals surface area contributed by atoms with Crippen molar-refractivity contribution in [1.29, 1.82) is 5.26 Å². The Kier molecular flexibility index (Phi) is 5.16. The van der Waals surface area contributed by atoms with E-state index in [4.69, 9.17) is 0 Å². The van der Waals surface area contributed by atoms with Crippen molar-refractivity contribution in [1.82, 2.24) is 14.9 Å². The number of aromatic nitrogens is 2. The van der Waals surface area contributed by atoms with Gasteiger partial charge in [0, 0.05) is 37.7 Å². The summed E-state index contributed by atoms with van der Waals surface area (Å²) < 4.78 is 57.1. The van der Waals surface area contributed by atoms with Gasteiger partial charge in [0.2, 0.25) is 5.91 Å². The van der Waals surface area contributed by atoms with Crippen LogP contribution >= 0.6 is 0 Å². The summed E-state index contributed by atoms with van der Waals surface area (Å²) in [6.07, 6.45) is -3.50. The van der Waals surface area contributed by atoms with Gasteiger partial charge in [0.15, 0.2) is 0 Å². The number of carbonyl (C=O) groups excluding carboxylic acids is 1. The van der Waals surface area contributed by atoms with Crippen LogP contribution in [-0.4, -0.2) is 21.8 Å². The highest BCUT2D eigenvalue weighted by atomic mass is 19.4. The van der Waals surface area contributed by atoms with Crippen LogP contribution in [0.5, 0.6) is 5.75 Å². The number of nitriles is 1. The Morgan fingerprint density at radius 3 is 2.62 bits per heavy atom. The Morgan fingerprint density at radius 2 is 2.03 bits per heavy atom. The molecule has 0 saturated heterocycles. The average Bonchev–Trinajstić information content (AvgIpc) is 3.00. The number of fused-ring (bicyclic) bond motifs is 1. The number of carbonyl (C=O) groups is 1. The molecule has 0 spiro atoms. The number of benzene rings is 2. The van der Waals surface area contributed by atoms with Gasteiger partial charge in [-0.25, -0.2) is 9.37 Å². The summed E-state index contributed by atoms with van der Waals surface area (Å²) >= 11 is 0. The van der Waals surface area contributed by atoms with Gasteiger partial charge in [-0.15, -0.1) is 13.2 Å². The second-order valence-corrected chi connectivity index (χ2v) is 6.22. The van der Waals surface area contributed by atoms with E-state index in [2.05, 4.69) is 21.1 Å². The average molecular weight is 406 g/mol. The lowest BCUT2D eigenvalue weighted by Crippen LogP contribution is -2.19. The van der Waals surface area contributed by atoms with Crippen molar-refractivity contribution in [2.24, 2.45) is 7.05 Å². The molecule has 0 atom stereocenters. The minimum absolute atomic E-state index is 0.0169. The van der Waals surface area contributed by atoms with Gasteiger partial charge in [-0.05, 0) is 23.8 Å². The maximum atomic E-state index is 14.7. The smallest absolute Gasteiger partial charge is 0.406 e. The highest BCUT2D eigenvalue weighted by molar-refractivity contribution is 5.96. The molecule has 0 radical (unpaired) electrons. The standard InChI is InChI=1S/C19H14F4N4O2/c1-10(28)25-8-11-5-14(17-18(15(11)7-24)27(2)9-26-17)13-4-3-12(6-16(13)20)29-19(21,22)23/h3-6,9H,8H2,1-2H3,(H,25,28). The predicted octanol–water partition coefficient (Wildman–Crippen LogP) is 3.79. The third-order valence-corrected chi connectivity index (χ3v) is 4.17. The summed E-state index contributed by atoms with van der Waals surface area (Å²) in [6, 6.07) is 6.33. The van der Waals surface area contributed by atoms with Crippen molar-refractivity contribution in [2.75, 3.05) is 0 Å². The van der Waals surface area contributed by atoms with Crippen LogP contribution in [0, 0.1) is 17.1 Å². The predicted molar refractivity (Wildman–Crippen MR) is 95.0 cm³/mol. The van der Waals surface area contributed by atoms with Gasteiger partial charge < -0.3 is 14.6 Å². The lowest BCUT2D eigenvalue weighted by atomic mass is 9.96. The number of nitrogens with zero attached hydrogens (tertiary/aromatic N) is 3. The molecule has 3 rings (SSSR count). The molecular formula is C19H14F4N4O2. The van der Waals surface area contributed by atoms with Crippen molar-refractivity contribution < 1.29 is 27.1 Å². The molecule has 2 aromatic carbocycles. The minimum atomic E-state index is -4.94. The number of hydrogen-bond acceptors (Lipinski definition) is 4. The van der Waals surface area contributed by atoms with Crippen LogP contribution < -0.4 is 10.1 Å². The molecule has 10 heteroatoms. The first-order valence-electron chi connectivity index (χ1n) is 8.28. The zero-order valence-electron chi connectivity index (χ0n) is 15.3. The van der Waals surface area contributed by atoms with E-state index in [9.17, 15) is 27.6 Å². The lowest BCUT2D eigenvalue weighted by Gasteiger charge is -2.13. The fourth-order valence-electron chi connectivity index (χ4n) is 2.99. The maximum absolute atomic E-state index is 14.7. The van der Waals surface area contributed by atoms with E-state index in [1.54, 1.807) is 11.6 Å². The molecule has 0 aliphatic carbocycles. The van der Waals surface area contributed by atoms with Gasteiger partial charge >= 0.3 is 6.36 Å². The van der Waals surface area contributed by atoms with Crippen molar-refractivity contribution in [3.05, 3.63) is 47.5 Å². The maximum Gasteiger partial charge on any atom is 0.573 e. The van der Waals surface area contributed by atoms with E-state index in [0.717, 1.165) is 12.1 Å². The quantitative estimate of drug-likeness (QED) is 0.669. The number of hydrogen-bond donors (Lipinski definition) is 1. The fourth-order valence-corrected chi connectivity index (χ4v) is 2.99. The molecule has 0 aliphatic rings. The van der Waals surface area contributed by atoms with Crippen LogP contribution in [0.1, 0.15) is 18.1 Å². The number of imidazole rings is 1. The molecule has 1 heterocycles. The van der Waals surface area contributed by atoms with Crippen molar-refractivity contribution >= 4 is 16.9 Å². The number of amides is 1. The SMILES string of the molecule is CC(=O)NCc1cc(-c2ccc(OC(F)(F)F)cc2F)c2ncn(C)c2c1C#N. The Hall–Kier alpha value is -3.61. The Bertz CT molecular complexity index is 1150. The number of ether oxygens (including phenoxy) is 1. The van der Waals surface area contributed by atoms with Gasteiger partial charge in [-0.2, -0.15) is 5.26 Å². The summed E-state index contributed by atoms with van der Waals surface area (Å²) in [5.41, 5.74) is 1.66. The molecule has 0 aliphatic heterocycles. The topological polar surface area (TPSA) is 79.9 Å². The summed E-state index contributed by atoms with van der Waals surface area (Å²) in [4.78, 5) is 15.5. The van der Waals surface area contributed by atoms with Crippen LogP contribution in [0.15, 0.2) is 30.6 Å². The molecule has 29 heavy (non-hydrogen) atoms. The van der Waals surface area contributed by atoms with Crippen molar-refractivity contribution in [3.63, 3.8) is 0 Å². The molecule has 0 fully saturated rings. The molecular weight excluding hydrogens is 392 g/mol. The largest absolute Gasteiger partial charge is 0.573 e. The normalized spacial score (nSPS) is 11.3. The van der Waals surface area contributed by atoms with E-state index in [1.165, 1.54) is 19.3 Å². The van der Waals surface area contributed by atoms with Gasteiger partial charge in [0.25, 0.3) is 0 Å². The van der Waals surface area contributed by atoms with Crippen LogP contribution in [0.3, 0.4) is 0 Å². The zero-order valence-corrected chi connectivity index (χ0v) is 15.3. The minimum Gasteiger partial charge on any atom is -0.406 e. The van der Waals surface area contributed by atoms with Crippen molar-refractivity contribution in [2.45, 2.75) is 19.8 Å². The second-order valence-electron chi connectivity index (χ2n) is 6.22. The zero-order chi connectivity index (χ0) is 21.3. The lowest BCUT2D eigenvalue weighted by molar-refractivity contribution is -0.274. The molecule has 1 aromatic heterocycles. The fraction of sp³-hybridized carbons (Fsp3) is 0.211. The monoisotopic (exact) mass is 406 g/mol. The summed E-state index contributed by atoms with van der Waals surface area (Å²) in [6.45, 7) is 1.33. The van der Waals surface area contributed by atoms with E-state index in [0.29, 0.717) is 22.7 Å². The van der Waals surface area contributed by atoms with Crippen molar-refractivity contribution in [3.8, 4) is 22.9 Å². The van der Waals surface area contributed by atoms with E-state index in [-0.39, 0.29) is 29.1 Å². The van der Waals surface area contributed by atoms with Crippen LogP contribution in [0.2, 0.25) is 0 Å². The summed E-state index contributed by atoms with van der Waals surface area (Å²) in [7, 11) is 1.65. The first-order valence-corrected chi connectivity index (χ1v) is 8.28. The molecule has 0 saturated carbocycles. The van der Waals surface area contributed by atoms with Gasteiger partial charge in [0.05, 0.1) is 22.9 Å². The second kappa shape index (κ2) is 7.43. The van der Waals surface area contributed by atoms with Crippen LogP contribution in [0.25, 0.3) is 22.2 Å². The molecule has 1 N–H and O–H groups in total. The van der Waals surface area contributed by atoms with Crippen LogP contribution in [-0.2, 0) is 18.4 Å². The summed E-state index contributed by atoms with van der Waals surface area (Å²) in [5.74, 6) is -1.96. The van der Waals surface area contributed by atoms with Crippen LogP contribution in [0.4, 0.5) is 17.6 Å². The van der Waals surface area contributed by atoms with Gasteiger partial charge in [0.1, 0.15) is 17.6 Å². The number of rotatable bonds is 4. The first-order chi connectivity index (χ1) is 13.6. The third kappa shape index (κ3) is 4.13. The van der Waals surface area contributed by atoms with Gasteiger partial charge in [-0.3, -0.25) is 4.79 Å². The third-order valence-electron chi connectivity index (χ3n) is 4.17. The molecule has 0 unspecified atom stereocenters. The molecule has 150 valence electrons. The summed E-state index contributed by atoms with van der Waals surface area (Å²) in [5, 5.41) is 12.2. The molecule has 6 nitrogen and oxygen atoms in total. The van der Waals surface area contributed by atoms with Gasteiger partial charge in [-0.1, -0.05) is 0 Å². The Labute approximate surface area is 162 Å². The Balaban J connectivity index is 2.19. The highest BCUT2D eigenvalue weighted by Crippen LogP contribution is 2.35. The molecule has 1 amide bonds. The molecule has 0 bridgehead atoms. The van der Waals surface area contributed by atoms with E-state index >= 15 is 0 Å². The molecule has 3 aromatic rings. The van der Waals surface area contributed by atoms with E-state index in [1.807, 2.05) is 0 Å². The number of halogens is 4.